The van der Waals surface area contributed by atoms with Crippen LogP contribution in [0.5, 0.6) is 0 Å². The Morgan fingerprint density at radius 2 is 2.13 bits per heavy atom. The lowest BCUT2D eigenvalue weighted by Crippen LogP contribution is -2.56. The molecule has 0 spiro atoms. The summed E-state index contributed by atoms with van der Waals surface area (Å²) in [5.41, 5.74) is 0. The van der Waals surface area contributed by atoms with Crippen LogP contribution in [0.25, 0.3) is 0 Å². The molecule has 130 valence electrons. The fourth-order valence-electron chi connectivity index (χ4n) is 3.13. The quantitative estimate of drug-likeness (QED) is 0.566. The molecule has 7 nitrogen and oxygen atoms in total. The molecule has 0 unspecified atom stereocenters. The van der Waals surface area contributed by atoms with Crippen molar-refractivity contribution >= 4 is 12.0 Å². The Bertz CT molecular complexity index is 435. The third-order valence-corrected chi connectivity index (χ3v) is 4.57. The van der Waals surface area contributed by atoms with Gasteiger partial charge in [0.15, 0.2) is 0 Å². The number of amides is 2. The second kappa shape index (κ2) is 8.88. The van der Waals surface area contributed by atoms with E-state index in [1.807, 2.05) is 11.8 Å². The van der Waals surface area contributed by atoms with E-state index in [4.69, 9.17) is 5.11 Å². The van der Waals surface area contributed by atoms with E-state index in [-0.39, 0.29) is 24.7 Å². The molecule has 0 atom stereocenters. The molecule has 1 aliphatic carbocycles. The van der Waals surface area contributed by atoms with Crippen molar-refractivity contribution in [2.45, 2.75) is 38.3 Å². The molecule has 2 amide bonds. The minimum Gasteiger partial charge on any atom is -0.480 e. The monoisotopic (exact) mass is 324 g/mol. The lowest BCUT2D eigenvalue weighted by molar-refractivity contribution is -0.139. The summed E-state index contributed by atoms with van der Waals surface area (Å²) in [4.78, 5) is 26.9. The van der Waals surface area contributed by atoms with Crippen molar-refractivity contribution < 1.29 is 14.7 Å². The van der Waals surface area contributed by atoms with Gasteiger partial charge < -0.3 is 15.7 Å². The van der Waals surface area contributed by atoms with E-state index in [0.29, 0.717) is 6.54 Å². The Morgan fingerprint density at radius 3 is 2.74 bits per heavy atom. The van der Waals surface area contributed by atoms with Crippen molar-refractivity contribution in [1.29, 1.82) is 0 Å². The van der Waals surface area contributed by atoms with Crippen LogP contribution < -0.4 is 10.6 Å². The molecule has 23 heavy (non-hydrogen) atoms. The van der Waals surface area contributed by atoms with E-state index in [0.717, 1.165) is 45.4 Å². The molecule has 0 aromatic carbocycles. The van der Waals surface area contributed by atoms with Crippen molar-refractivity contribution in [3.63, 3.8) is 0 Å². The normalized spacial score (nSPS) is 24.3. The molecule has 0 radical (unpaired) electrons. The number of rotatable bonds is 8. The van der Waals surface area contributed by atoms with Crippen LogP contribution in [0.4, 0.5) is 4.79 Å². The largest absolute Gasteiger partial charge is 0.480 e. The van der Waals surface area contributed by atoms with E-state index in [1.54, 1.807) is 0 Å². The molecule has 1 fully saturated rings. The molecule has 2 aliphatic rings. The standard InChI is InChI=1S/C16H28N4O3/c1-2-20(12-15(21)22)14-10-13(11-14)18-16(23)17-6-9-19-7-4-3-5-8-19/h3-4,13-14H,2,5-12H2,1H3,(H,21,22)(H2,17,18,23). The second-order valence-corrected chi connectivity index (χ2v) is 6.24. The molecule has 2 rings (SSSR count). The van der Waals surface area contributed by atoms with E-state index >= 15 is 0 Å². The van der Waals surface area contributed by atoms with Crippen molar-refractivity contribution in [2.24, 2.45) is 0 Å². The summed E-state index contributed by atoms with van der Waals surface area (Å²) in [6, 6.07) is 0.296. The summed E-state index contributed by atoms with van der Waals surface area (Å²) in [5, 5.41) is 14.7. The van der Waals surface area contributed by atoms with Crippen LogP contribution in [-0.4, -0.2) is 78.3 Å². The Labute approximate surface area is 137 Å². The van der Waals surface area contributed by atoms with Gasteiger partial charge in [-0.25, -0.2) is 4.79 Å². The lowest BCUT2D eigenvalue weighted by atomic mass is 9.85. The fraction of sp³-hybridized carbons (Fsp3) is 0.750. The van der Waals surface area contributed by atoms with Gasteiger partial charge in [0.05, 0.1) is 6.54 Å². The van der Waals surface area contributed by atoms with E-state index in [2.05, 4.69) is 27.7 Å². The summed E-state index contributed by atoms with van der Waals surface area (Å²) >= 11 is 0. The maximum absolute atomic E-state index is 11.8. The van der Waals surface area contributed by atoms with Crippen molar-refractivity contribution in [3.8, 4) is 0 Å². The van der Waals surface area contributed by atoms with Gasteiger partial charge in [-0.05, 0) is 25.8 Å². The van der Waals surface area contributed by atoms with Gasteiger partial charge in [-0.2, -0.15) is 0 Å². The lowest BCUT2D eigenvalue weighted by Gasteiger charge is -2.42. The van der Waals surface area contributed by atoms with Gasteiger partial charge in [0.2, 0.25) is 0 Å². The smallest absolute Gasteiger partial charge is 0.317 e. The van der Waals surface area contributed by atoms with Gasteiger partial charge in [0.25, 0.3) is 0 Å². The molecule has 1 saturated carbocycles. The number of carboxylic acids is 1. The molecule has 3 N–H and O–H groups in total. The summed E-state index contributed by atoms with van der Waals surface area (Å²) in [6.07, 6.45) is 7.08. The SMILES string of the molecule is CCN(CC(=O)O)C1CC(NC(=O)NCCN2CC=CCC2)C1. The van der Waals surface area contributed by atoms with Gasteiger partial charge in [0.1, 0.15) is 0 Å². The molecule has 1 aliphatic heterocycles. The number of aliphatic carboxylic acids is 1. The molecule has 7 heteroatoms. The van der Waals surface area contributed by atoms with Crippen LogP contribution in [0.2, 0.25) is 0 Å². The van der Waals surface area contributed by atoms with E-state index in [1.165, 1.54) is 0 Å². The van der Waals surface area contributed by atoms with Crippen LogP contribution in [0.15, 0.2) is 12.2 Å². The number of nitrogens with one attached hydrogen (secondary N) is 2. The van der Waals surface area contributed by atoms with Crippen LogP contribution in [0.3, 0.4) is 0 Å². The topological polar surface area (TPSA) is 84.9 Å². The number of likely N-dealkylation sites (N-methyl/N-ethyl adjacent to an activating group) is 1. The first kappa shape index (κ1) is 17.7. The Kier molecular flexibility index (Phi) is 6.85. The zero-order chi connectivity index (χ0) is 16.7. The zero-order valence-electron chi connectivity index (χ0n) is 13.8. The minimum absolute atomic E-state index is 0.0738. The van der Waals surface area contributed by atoms with Crippen molar-refractivity contribution in [3.05, 3.63) is 12.2 Å². The predicted molar refractivity (Wildman–Crippen MR) is 88.4 cm³/mol. The third-order valence-electron chi connectivity index (χ3n) is 4.57. The molecule has 1 heterocycles. The summed E-state index contributed by atoms with van der Waals surface area (Å²) in [7, 11) is 0. The highest BCUT2D eigenvalue weighted by atomic mass is 16.4. The highest BCUT2D eigenvalue weighted by molar-refractivity contribution is 5.74. The number of carbonyl (C=O) groups excluding carboxylic acids is 1. The first-order valence-electron chi connectivity index (χ1n) is 8.46. The molecule has 0 aromatic rings. The molecular formula is C16H28N4O3. The van der Waals surface area contributed by atoms with Gasteiger partial charge in [-0.3, -0.25) is 14.6 Å². The van der Waals surface area contributed by atoms with Gasteiger partial charge in [-0.1, -0.05) is 19.1 Å². The van der Waals surface area contributed by atoms with Crippen LogP contribution in [0.1, 0.15) is 26.2 Å². The Morgan fingerprint density at radius 1 is 1.35 bits per heavy atom. The number of nitrogens with zero attached hydrogens (tertiary/aromatic N) is 2. The summed E-state index contributed by atoms with van der Waals surface area (Å²) in [6.45, 7) is 6.30. The Balaban J connectivity index is 1.56. The predicted octanol–water partition coefficient (Wildman–Crippen LogP) is 0.485. The van der Waals surface area contributed by atoms with Crippen LogP contribution in [0, 0.1) is 0 Å². The fourth-order valence-corrected chi connectivity index (χ4v) is 3.13. The number of urea groups is 1. The first-order chi connectivity index (χ1) is 11.1. The summed E-state index contributed by atoms with van der Waals surface area (Å²) in [5.74, 6) is -0.798. The average molecular weight is 324 g/mol. The highest BCUT2D eigenvalue weighted by Gasteiger charge is 2.34. The number of hydrogen-bond acceptors (Lipinski definition) is 4. The third kappa shape index (κ3) is 5.84. The van der Waals surface area contributed by atoms with Crippen LogP contribution >= 0.6 is 0 Å². The average Bonchev–Trinajstić information content (AvgIpc) is 2.49. The summed E-state index contributed by atoms with van der Waals surface area (Å²) < 4.78 is 0. The molecule has 0 aromatic heterocycles. The number of carboxylic acid groups (broad SMARTS) is 1. The highest BCUT2D eigenvalue weighted by Crippen LogP contribution is 2.25. The maximum Gasteiger partial charge on any atom is 0.317 e. The second-order valence-electron chi connectivity index (χ2n) is 6.24. The first-order valence-corrected chi connectivity index (χ1v) is 8.46. The number of carbonyl (C=O) groups is 2. The zero-order valence-corrected chi connectivity index (χ0v) is 13.8. The Hall–Kier alpha value is -1.60. The van der Waals surface area contributed by atoms with Gasteiger partial charge in [0, 0.05) is 38.3 Å². The molecular weight excluding hydrogens is 296 g/mol. The van der Waals surface area contributed by atoms with Gasteiger partial charge in [-0.15, -0.1) is 0 Å². The minimum atomic E-state index is -0.798. The van der Waals surface area contributed by atoms with Crippen LogP contribution in [-0.2, 0) is 4.79 Å². The van der Waals surface area contributed by atoms with Gasteiger partial charge >= 0.3 is 12.0 Å². The van der Waals surface area contributed by atoms with Crippen molar-refractivity contribution in [2.75, 3.05) is 39.3 Å². The van der Waals surface area contributed by atoms with Crippen molar-refractivity contribution in [1.82, 2.24) is 20.4 Å². The van der Waals surface area contributed by atoms with E-state index in [9.17, 15) is 9.59 Å². The molecule has 0 saturated heterocycles. The number of hydrogen-bond donors (Lipinski definition) is 3. The van der Waals surface area contributed by atoms with E-state index < -0.39 is 5.97 Å². The molecule has 0 bridgehead atoms. The maximum atomic E-state index is 11.8.